The largest absolute Gasteiger partial charge is 0.355 e. The average molecular weight is 338 g/mol. The third-order valence-electron chi connectivity index (χ3n) is 4.56. The highest BCUT2D eigenvalue weighted by Gasteiger charge is 2.33. The maximum absolute atomic E-state index is 12.2. The number of benzene rings is 1. The van der Waals surface area contributed by atoms with Gasteiger partial charge in [0, 0.05) is 13.0 Å². The Balaban J connectivity index is 1.94. The second kappa shape index (κ2) is 7.45. The molecule has 0 saturated heterocycles. The lowest BCUT2D eigenvalue weighted by Crippen LogP contribution is -2.33. The minimum absolute atomic E-state index is 0.0774. The van der Waals surface area contributed by atoms with Gasteiger partial charge in [-0.25, -0.2) is 13.1 Å². The molecule has 1 aliphatic rings. The van der Waals surface area contributed by atoms with Gasteiger partial charge in [0.05, 0.1) is 5.75 Å². The summed E-state index contributed by atoms with van der Waals surface area (Å²) < 4.78 is 24.9. The van der Waals surface area contributed by atoms with Crippen molar-refractivity contribution in [3.63, 3.8) is 0 Å². The zero-order chi connectivity index (χ0) is 17.0. The monoisotopic (exact) mass is 338 g/mol. The lowest BCUT2D eigenvalue weighted by molar-refractivity contribution is -0.121. The molecule has 1 atom stereocenters. The fourth-order valence-electron chi connectivity index (χ4n) is 2.75. The van der Waals surface area contributed by atoms with Crippen molar-refractivity contribution in [2.45, 2.75) is 39.0 Å². The molecule has 1 fully saturated rings. The summed E-state index contributed by atoms with van der Waals surface area (Å²) in [6.07, 6.45) is 2.75. The van der Waals surface area contributed by atoms with Crippen molar-refractivity contribution >= 4 is 15.9 Å². The summed E-state index contributed by atoms with van der Waals surface area (Å²) in [7, 11) is -1.90. The Morgan fingerprint density at radius 3 is 2.52 bits per heavy atom. The second-order valence-electron chi connectivity index (χ2n) is 6.36. The van der Waals surface area contributed by atoms with Gasteiger partial charge in [0.2, 0.25) is 15.9 Å². The Morgan fingerprint density at radius 2 is 1.96 bits per heavy atom. The summed E-state index contributed by atoms with van der Waals surface area (Å²) >= 11 is 0. The molecular formula is C17H26N2O3S. The Morgan fingerprint density at radius 1 is 1.26 bits per heavy atom. The summed E-state index contributed by atoms with van der Waals surface area (Å²) in [4.78, 5) is 12.2. The van der Waals surface area contributed by atoms with E-state index >= 15 is 0 Å². The topological polar surface area (TPSA) is 75.3 Å². The highest BCUT2D eigenvalue weighted by Crippen LogP contribution is 2.44. The number of carbonyl (C=O) groups excluding carboxylic acids is 1. The van der Waals surface area contributed by atoms with Crippen LogP contribution in [0.15, 0.2) is 18.2 Å². The van der Waals surface area contributed by atoms with E-state index in [0.717, 1.165) is 0 Å². The molecule has 1 aromatic rings. The van der Waals surface area contributed by atoms with Crippen LogP contribution in [0.1, 0.15) is 41.9 Å². The maximum Gasteiger partial charge on any atom is 0.220 e. The summed E-state index contributed by atoms with van der Waals surface area (Å²) in [5, 5.41) is 2.72. The van der Waals surface area contributed by atoms with Crippen molar-refractivity contribution in [1.82, 2.24) is 10.0 Å². The predicted molar refractivity (Wildman–Crippen MR) is 91.9 cm³/mol. The fourth-order valence-corrected chi connectivity index (χ4v) is 3.32. The van der Waals surface area contributed by atoms with Gasteiger partial charge < -0.3 is 5.32 Å². The molecule has 23 heavy (non-hydrogen) atoms. The number of rotatable bonds is 8. The zero-order valence-corrected chi connectivity index (χ0v) is 14.9. The van der Waals surface area contributed by atoms with E-state index in [1.165, 1.54) is 36.6 Å². The van der Waals surface area contributed by atoms with Gasteiger partial charge >= 0.3 is 0 Å². The van der Waals surface area contributed by atoms with Crippen molar-refractivity contribution in [2.24, 2.45) is 5.92 Å². The van der Waals surface area contributed by atoms with Gasteiger partial charge in [0.25, 0.3) is 0 Å². The first-order valence-electron chi connectivity index (χ1n) is 8.07. The smallest absolute Gasteiger partial charge is 0.220 e. The molecule has 1 unspecified atom stereocenters. The minimum atomic E-state index is -3.27. The SMILES string of the molecule is CNS(=O)(=O)CCNC(=O)CC(c1ccc(C)c(C)c1)C1CC1. The zero-order valence-electron chi connectivity index (χ0n) is 14.1. The van der Waals surface area contributed by atoms with Crippen molar-refractivity contribution in [3.05, 3.63) is 34.9 Å². The fraction of sp³-hybridized carbons (Fsp3) is 0.588. The van der Waals surface area contributed by atoms with Crippen molar-refractivity contribution in [2.75, 3.05) is 19.3 Å². The lowest BCUT2D eigenvalue weighted by atomic mass is 9.89. The number of carbonyl (C=O) groups is 1. The third-order valence-corrected chi connectivity index (χ3v) is 5.92. The molecule has 0 aliphatic heterocycles. The van der Waals surface area contributed by atoms with Crippen molar-refractivity contribution in [1.29, 1.82) is 0 Å². The van der Waals surface area contributed by atoms with E-state index in [0.29, 0.717) is 12.3 Å². The molecule has 5 nitrogen and oxygen atoms in total. The summed E-state index contributed by atoms with van der Waals surface area (Å²) in [5.41, 5.74) is 3.72. The van der Waals surface area contributed by atoms with Crippen LogP contribution in [0.4, 0.5) is 0 Å². The second-order valence-corrected chi connectivity index (χ2v) is 8.41. The highest BCUT2D eigenvalue weighted by atomic mass is 32.2. The van der Waals surface area contributed by atoms with Gasteiger partial charge in [0.15, 0.2) is 0 Å². The van der Waals surface area contributed by atoms with Gasteiger partial charge in [0.1, 0.15) is 0 Å². The Bertz CT molecular complexity index is 666. The van der Waals surface area contributed by atoms with Crippen LogP contribution in [0.25, 0.3) is 0 Å². The van der Waals surface area contributed by atoms with Gasteiger partial charge in [-0.15, -0.1) is 0 Å². The van der Waals surface area contributed by atoms with E-state index in [1.807, 2.05) is 0 Å². The van der Waals surface area contributed by atoms with E-state index in [9.17, 15) is 13.2 Å². The first-order chi connectivity index (χ1) is 10.8. The number of hydrogen-bond acceptors (Lipinski definition) is 3. The molecule has 0 aromatic heterocycles. The van der Waals surface area contributed by atoms with Gasteiger partial charge in [-0.2, -0.15) is 0 Å². The van der Waals surface area contributed by atoms with Gasteiger partial charge in [-0.1, -0.05) is 18.2 Å². The molecule has 0 spiro atoms. The van der Waals surface area contributed by atoms with Gasteiger partial charge in [-0.3, -0.25) is 4.79 Å². The normalized spacial score (nSPS) is 16.1. The van der Waals surface area contributed by atoms with E-state index in [1.54, 1.807) is 0 Å². The van der Waals surface area contributed by atoms with Crippen LogP contribution in [0.3, 0.4) is 0 Å². The number of aryl methyl sites for hydroxylation is 2. The molecule has 6 heteroatoms. The third kappa shape index (κ3) is 5.32. The molecule has 1 aromatic carbocycles. The van der Waals surface area contributed by atoms with E-state index < -0.39 is 10.0 Å². The van der Waals surface area contributed by atoms with Crippen LogP contribution < -0.4 is 10.0 Å². The number of sulfonamides is 1. The Hall–Kier alpha value is -1.40. The standard InChI is InChI=1S/C17H26N2O3S/c1-12-4-5-15(10-13(12)2)16(14-6-7-14)11-17(20)19-8-9-23(21,22)18-3/h4-5,10,14,16,18H,6-9,11H2,1-3H3,(H,19,20). The number of amides is 1. The highest BCUT2D eigenvalue weighted by molar-refractivity contribution is 7.89. The molecular weight excluding hydrogens is 312 g/mol. The molecule has 2 N–H and O–H groups in total. The van der Waals surface area contributed by atoms with Crippen molar-refractivity contribution in [3.8, 4) is 0 Å². The summed E-state index contributed by atoms with van der Waals surface area (Å²) in [5.74, 6) is 0.637. The first-order valence-corrected chi connectivity index (χ1v) is 9.72. The van der Waals surface area contributed by atoms with E-state index in [-0.39, 0.29) is 24.1 Å². The van der Waals surface area contributed by atoms with Crippen LogP contribution in [0.2, 0.25) is 0 Å². The molecule has 0 heterocycles. The molecule has 1 amide bonds. The maximum atomic E-state index is 12.2. The summed E-state index contributed by atoms with van der Waals surface area (Å²) in [6, 6.07) is 6.40. The number of nitrogens with one attached hydrogen (secondary N) is 2. The molecule has 1 aliphatic carbocycles. The Labute approximate surface area is 138 Å². The molecule has 0 radical (unpaired) electrons. The van der Waals surface area contributed by atoms with Gasteiger partial charge in [-0.05, 0) is 62.3 Å². The Kier molecular flexibility index (Phi) is 5.81. The van der Waals surface area contributed by atoms with E-state index in [2.05, 4.69) is 42.1 Å². The van der Waals surface area contributed by atoms with Crippen LogP contribution in [-0.2, 0) is 14.8 Å². The molecule has 2 rings (SSSR count). The van der Waals surface area contributed by atoms with Crippen LogP contribution in [-0.4, -0.2) is 33.7 Å². The molecule has 0 bridgehead atoms. The number of hydrogen-bond donors (Lipinski definition) is 2. The quantitative estimate of drug-likeness (QED) is 0.759. The lowest BCUT2D eigenvalue weighted by Gasteiger charge is -2.18. The minimum Gasteiger partial charge on any atom is -0.355 e. The van der Waals surface area contributed by atoms with Crippen LogP contribution in [0, 0.1) is 19.8 Å². The molecule has 128 valence electrons. The van der Waals surface area contributed by atoms with Crippen LogP contribution in [0.5, 0.6) is 0 Å². The van der Waals surface area contributed by atoms with Crippen LogP contribution >= 0.6 is 0 Å². The average Bonchev–Trinajstić information content (AvgIpc) is 3.32. The predicted octanol–water partition coefficient (Wildman–Crippen LogP) is 1.85. The molecule has 1 saturated carbocycles. The van der Waals surface area contributed by atoms with Crippen molar-refractivity contribution < 1.29 is 13.2 Å². The van der Waals surface area contributed by atoms with E-state index in [4.69, 9.17) is 0 Å². The first kappa shape index (κ1) is 17.9. The summed E-state index contributed by atoms with van der Waals surface area (Å²) in [6.45, 7) is 4.32.